The molecule has 5 nitrogen and oxygen atoms in total. The lowest BCUT2D eigenvalue weighted by Gasteiger charge is -2.40. The lowest BCUT2D eigenvalue weighted by molar-refractivity contribution is -0.115. The maximum atomic E-state index is 13.6. The van der Waals surface area contributed by atoms with E-state index in [0.29, 0.717) is 12.1 Å². The van der Waals surface area contributed by atoms with Crippen molar-refractivity contribution in [2.45, 2.75) is 53.5 Å². The van der Waals surface area contributed by atoms with Crippen LogP contribution in [0.15, 0.2) is 101 Å². The van der Waals surface area contributed by atoms with Crippen molar-refractivity contribution in [1.29, 1.82) is 0 Å². The van der Waals surface area contributed by atoms with Crippen LogP contribution in [0.3, 0.4) is 0 Å². The molecule has 0 bridgehead atoms. The number of allylic oxidation sites excluding steroid dienone is 2. The first-order valence-corrected chi connectivity index (χ1v) is 14.5. The number of nitrogens with one attached hydrogen (secondary N) is 2. The summed E-state index contributed by atoms with van der Waals surface area (Å²) in [5, 5.41) is 6.14. The van der Waals surface area contributed by atoms with Gasteiger partial charge in [-0.2, -0.15) is 0 Å². The van der Waals surface area contributed by atoms with Crippen molar-refractivity contribution >= 4 is 52.5 Å². The summed E-state index contributed by atoms with van der Waals surface area (Å²) in [5.74, 6) is -0.0186. The summed E-state index contributed by atoms with van der Waals surface area (Å²) < 4.78 is 0. The Balaban J connectivity index is 1.31. The Morgan fingerprint density at radius 2 is 1.68 bits per heavy atom. The van der Waals surface area contributed by atoms with E-state index < -0.39 is 0 Å². The highest BCUT2D eigenvalue weighted by Gasteiger charge is 2.36. The molecule has 3 atom stereocenters. The number of fused-ring (bicyclic) bond motifs is 2. The molecular weight excluding hydrogens is 510 g/mol. The zero-order chi connectivity index (χ0) is 26.6. The van der Waals surface area contributed by atoms with Gasteiger partial charge in [0.2, 0.25) is 5.91 Å². The topological polar surface area (TPSA) is 61.4 Å². The van der Waals surface area contributed by atoms with E-state index in [-0.39, 0.29) is 28.5 Å². The fraction of sp³-hybridized carbons (Fsp3) is 0.226. The number of hydrogen-bond donors (Lipinski definition) is 2. The number of nitrogens with zero attached hydrogens (tertiary/aromatic N) is 1. The standard InChI is InChI=1S/C31H31N3O2S2/c1-4-26(30(35)33-29-20(2)11-9-12-21(29)3)37-23-14-10-13-22(19-23)32-31(36)34-24-15-5-7-17-27(24)38-28-18-8-6-16-25(28)34/h5-19,24,26-27H,4H2,1-3H3,(H,32,36)(H,33,35). The molecule has 3 amide bonds. The SMILES string of the molecule is CCC(Sc1cccc(NC(=O)N2c3ccccc3SC3C=CC=CC32)c1)C(=O)Nc1c(C)cccc1C. The number of carbonyl (C=O) groups is 2. The number of para-hydroxylation sites is 2. The van der Waals surface area contributed by atoms with Crippen LogP contribution in [0, 0.1) is 13.8 Å². The Kier molecular flexibility index (Phi) is 7.95. The Morgan fingerprint density at radius 1 is 0.947 bits per heavy atom. The maximum absolute atomic E-state index is 13.6. The van der Waals surface area contributed by atoms with Crippen molar-refractivity contribution < 1.29 is 9.59 Å². The van der Waals surface area contributed by atoms with Gasteiger partial charge in [-0.3, -0.25) is 9.69 Å². The predicted molar refractivity (Wildman–Crippen MR) is 161 cm³/mol. The molecule has 0 saturated carbocycles. The lowest BCUT2D eigenvalue weighted by atomic mass is 10.1. The van der Waals surface area contributed by atoms with Crippen molar-refractivity contribution in [3.05, 3.63) is 102 Å². The second-order valence-corrected chi connectivity index (χ2v) is 11.9. The number of aryl methyl sites for hydroxylation is 2. The molecule has 0 saturated heterocycles. The summed E-state index contributed by atoms with van der Waals surface area (Å²) in [6, 6.07) is 21.5. The van der Waals surface area contributed by atoms with E-state index in [4.69, 9.17) is 0 Å². The van der Waals surface area contributed by atoms with Gasteiger partial charge in [0.05, 0.1) is 22.2 Å². The number of anilines is 3. The maximum Gasteiger partial charge on any atom is 0.326 e. The van der Waals surface area contributed by atoms with Crippen LogP contribution in [0.1, 0.15) is 24.5 Å². The molecule has 38 heavy (non-hydrogen) atoms. The minimum absolute atomic E-state index is 0.0186. The minimum Gasteiger partial charge on any atom is -0.325 e. The summed E-state index contributed by atoms with van der Waals surface area (Å²) in [7, 11) is 0. The van der Waals surface area contributed by atoms with Crippen LogP contribution in [-0.4, -0.2) is 28.5 Å². The van der Waals surface area contributed by atoms with E-state index in [9.17, 15) is 9.59 Å². The van der Waals surface area contributed by atoms with Gasteiger partial charge in [-0.05, 0) is 61.7 Å². The number of thioether (sulfide) groups is 2. The van der Waals surface area contributed by atoms with Crippen molar-refractivity contribution in [2.24, 2.45) is 0 Å². The molecule has 2 N–H and O–H groups in total. The van der Waals surface area contributed by atoms with Gasteiger partial charge in [0.15, 0.2) is 0 Å². The molecule has 3 unspecified atom stereocenters. The Morgan fingerprint density at radius 3 is 2.47 bits per heavy atom. The van der Waals surface area contributed by atoms with E-state index in [1.54, 1.807) is 11.8 Å². The molecule has 3 aromatic carbocycles. The van der Waals surface area contributed by atoms with Gasteiger partial charge in [0.25, 0.3) is 0 Å². The lowest BCUT2D eigenvalue weighted by Crippen LogP contribution is -2.49. The predicted octanol–water partition coefficient (Wildman–Crippen LogP) is 7.82. The van der Waals surface area contributed by atoms with Crippen LogP contribution in [-0.2, 0) is 4.79 Å². The molecule has 3 aromatic rings. The molecule has 7 heteroatoms. The molecule has 1 aliphatic heterocycles. The van der Waals surface area contributed by atoms with Gasteiger partial charge in [0, 0.05) is 21.2 Å². The largest absolute Gasteiger partial charge is 0.326 e. The zero-order valence-corrected chi connectivity index (χ0v) is 23.3. The molecule has 5 rings (SSSR count). The number of carbonyl (C=O) groups excluding carboxylic acids is 2. The summed E-state index contributed by atoms with van der Waals surface area (Å²) in [5.41, 5.74) is 4.59. The van der Waals surface area contributed by atoms with Gasteiger partial charge in [-0.15, -0.1) is 23.5 Å². The highest BCUT2D eigenvalue weighted by Crippen LogP contribution is 2.43. The van der Waals surface area contributed by atoms with E-state index in [0.717, 1.165) is 32.3 Å². The van der Waals surface area contributed by atoms with Crippen molar-refractivity contribution in [3.8, 4) is 0 Å². The fourth-order valence-electron chi connectivity index (χ4n) is 4.76. The minimum atomic E-state index is -0.258. The van der Waals surface area contributed by atoms with Gasteiger partial charge in [-0.1, -0.05) is 67.6 Å². The Bertz CT molecular complexity index is 1400. The van der Waals surface area contributed by atoms with Crippen molar-refractivity contribution in [3.63, 3.8) is 0 Å². The van der Waals surface area contributed by atoms with Crippen LogP contribution in [0.2, 0.25) is 0 Å². The molecule has 2 aliphatic rings. The van der Waals surface area contributed by atoms with E-state index in [2.05, 4.69) is 28.9 Å². The average Bonchev–Trinajstić information content (AvgIpc) is 2.92. The molecule has 194 valence electrons. The normalized spacial score (nSPS) is 18.3. The van der Waals surface area contributed by atoms with Gasteiger partial charge in [0.1, 0.15) is 0 Å². The second-order valence-electron chi connectivity index (χ2n) is 9.41. The van der Waals surface area contributed by atoms with Gasteiger partial charge in [-0.25, -0.2) is 4.79 Å². The molecule has 0 aromatic heterocycles. The third kappa shape index (κ3) is 5.54. The summed E-state index contributed by atoms with van der Waals surface area (Å²) in [6.07, 6.45) is 8.96. The quantitative estimate of drug-likeness (QED) is 0.312. The van der Waals surface area contributed by atoms with Gasteiger partial charge >= 0.3 is 6.03 Å². The first kappa shape index (κ1) is 26.2. The highest BCUT2D eigenvalue weighted by atomic mass is 32.2. The summed E-state index contributed by atoms with van der Waals surface area (Å²) in [6.45, 7) is 6.02. The first-order chi connectivity index (χ1) is 18.4. The Hall–Kier alpha value is -3.42. The summed E-state index contributed by atoms with van der Waals surface area (Å²) >= 11 is 3.29. The number of amides is 3. The molecular formula is C31H31N3O2S2. The van der Waals surface area contributed by atoms with Crippen LogP contribution in [0.5, 0.6) is 0 Å². The van der Waals surface area contributed by atoms with Crippen LogP contribution in [0.4, 0.5) is 21.9 Å². The van der Waals surface area contributed by atoms with Gasteiger partial charge < -0.3 is 10.6 Å². The average molecular weight is 542 g/mol. The smallest absolute Gasteiger partial charge is 0.325 e. The van der Waals surface area contributed by atoms with E-state index in [1.807, 2.05) is 98.5 Å². The first-order valence-electron chi connectivity index (χ1n) is 12.8. The number of urea groups is 1. The van der Waals surface area contributed by atoms with E-state index in [1.165, 1.54) is 11.8 Å². The number of hydrogen-bond acceptors (Lipinski definition) is 4. The number of benzene rings is 3. The van der Waals surface area contributed by atoms with Crippen LogP contribution >= 0.6 is 23.5 Å². The van der Waals surface area contributed by atoms with Crippen molar-refractivity contribution in [2.75, 3.05) is 15.5 Å². The molecule has 1 heterocycles. The molecule has 1 aliphatic carbocycles. The monoisotopic (exact) mass is 541 g/mol. The van der Waals surface area contributed by atoms with E-state index >= 15 is 0 Å². The third-order valence-electron chi connectivity index (χ3n) is 6.72. The summed E-state index contributed by atoms with van der Waals surface area (Å²) in [4.78, 5) is 30.6. The molecule has 0 fully saturated rings. The van der Waals surface area contributed by atoms with Crippen molar-refractivity contribution in [1.82, 2.24) is 0 Å². The zero-order valence-electron chi connectivity index (χ0n) is 21.7. The Labute approximate surface area is 232 Å². The fourth-order valence-corrected chi connectivity index (χ4v) is 7.03. The van der Waals surface area contributed by atoms with Crippen LogP contribution < -0.4 is 15.5 Å². The third-order valence-corrected chi connectivity index (χ3v) is 9.38. The molecule has 0 spiro atoms. The van der Waals surface area contributed by atoms with Crippen LogP contribution in [0.25, 0.3) is 0 Å². The second kappa shape index (κ2) is 11.5. The number of rotatable bonds is 6. The molecule has 0 radical (unpaired) electrons. The highest BCUT2D eigenvalue weighted by molar-refractivity contribution is 8.00.